The van der Waals surface area contributed by atoms with E-state index in [1.165, 1.54) is 5.56 Å². The fourth-order valence-electron chi connectivity index (χ4n) is 2.93. The van der Waals surface area contributed by atoms with E-state index in [0.29, 0.717) is 13.1 Å². The molecule has 126 valence electrons. The number of hydrogen-bond donors (Lipinski definition) is 1. The Morgan fingerprint density at radius 2 is 1.75 bits per heavy atom. The van der Waals surface area contributed by atoms with E-state index in [4.69, 9.17) is 0 Å². The highest BCUT2D eigenvalue weighted by molar-refractivity contribution is 5.78. The Morgan fingerprint density at radius 3 is 2.46 bits per heavy atom. The quantitative estimate of drug-likeness (QED) is 0.875. The molecule has 1 fully saturated rings. The van der Waals surface area contributed by atoms with Gasteiger partial charge in [-0.25, -0.2) is 0 Å². The Bertz CT molecular complexity index is 624. The Morgan fingerprint density at radius 1 is 1.00 bits per heavy atom. The number of nitrogens with zero attached hydrogens (tertiary/aromatic N) is 3. The average molecular weight is 324 g/mol. The molecule has 5 heteroatoms. The van der Waals surface area contributed by atoms with Gasteiger partial charge in [0.15, 0.2) is 0 Å². The molecule has 1 saturated heterocycles. The molecule has 0 bridgehead atoms. The molecule has 2 heterocycles. The SMILES string of the molecule is O=C(CNCc1cccnc1)N1CCN(Cc2ccccc2)CC1. The molecule has 1 N–H and O–H groups in total. The van der Waals surface area contributed by atoms with Gasteiger partial charge in [-0.1, -0.05) is 36.4 Å². The van der Waals surface area contributed by atoms with Crippen molar-refractivity contribution < 1.29 is 4.79 Å². The van der Waals surface area contributed by atoms with Gasteiger partial charge in [0, 0.05) is 51.7 Å². The third-order valence-electron chi connectivity index (χ3n) is 4.30. The van der Waals surface area contributed by atoms with Crippen molar-refractivity contribution in [3.63, 3.8) is 0 Å². The van der Waals surface area contributed by atoms with Crippen LogP contribution in [0.1, 0.15) is 11.1 Å². The second kappa shape index (κ2) is 8.57. The van der Waals surface area contributed by atoms with Crippen molar-refractivity contribution in [2.75, 3.05) is 32.7 Å². The van der Waals surface area contributed by atoms with E-state index in [0.717, 1.165) is 38.3 Å². The van der Waals surface area contributed by atoms with Crippen molar-refractivity contribution in [3.8, 4) is 0 Å². The second-order valence-electron chi connectivity index (χ2n) is 6.11. The summed E-state index contributed by atoms with van der Waals surface area (Å²) in [5.41, 5.74) is 2.42. The molecule has 0 radical (unpaired) electrons. The van der Waals surface area contributed by atoms with Gasteiger partial charge >= 0.3 is 0 Å². The number of pyridine rings is 1. The maximum atomic E-state index is 12.3. The first kappa shape index (κ1) is 16.6. The minimum Gasteiger partial charge on any atom is -0.339 e. The Labute approximate surface area is 143 Å². The summed E-state index contributed by atoms with van der Waals surface area (Å²) in [6, 6.07) is 14.4. The zero-order valence-corrected chi connectivity index (χ0v) is 13.9. The molecule has 24 heavy (non-hydrogen) atoms. The van der Waals surface area contributed by atoms with Crippen molar-refractivity contribution >= 4 is 5.91 Å². The number of carbonyl (C=O) groups is 1. The topological polar surface area (TPSA) is 48.5 Å². The maximum absolute atomic E-state index is 12.3. The van der Waals surface area contributed by atoms with Crippen LogP contribution in [0.2, 0.25) is 0 Å². The third kappa shape index (κ3) is 4.88. The summed E-state index contributed by atoms with van der Waals surface area (Å²) < 4.78 is 0. The van der Waals surface area contributed by atoms with Crippen LogP contribution < -0.4 is 5.32 Å². The molecule has 3 rings (SSSR count). The van der Waals surface area contributed by atoms with Crippen LogP contribution in [0.5, 0.6) is 0 Å². The molecule has 0 spiro atoms. The molecule has 1 amide bonds. The number of piperazine rings is 1. The molecule has 1 aliphatic heterocycles. The van der Waals surface area contributed by atoms with E-state index in [-0.39, 0.29) is 5.91 Å². The minimum atomic E-state index is 0.179. The molecule has 2 aromatic rings. The predicted octanol–water partition coefficient (Wildman–Crippen LogP) is 1.52. The van der Waals surface area contributed by atoms with Crippen molar-refractivity contribution in [1.82, 2.24) is 20.1 Å². The van der Waals surface area contributed by atoms with Crippen LogP contribution >= 0.6 is 0 Å². The normalized spacial score (nSPS) is 15.4. The lowest BCUT2D eigenvalue weighted by Gasteiger charge is -2.34. The van der Waals surface area contributed by atoms with Crippen LogP contribution in [-0.4, -0.2) is 53.4 Å². The molecule has 0 saturated carbocycles. The smallest absolute Gasteiger partial charge is 0.236 e. The van der Waals surface area contributed by atoms with Crippen LogP contribution in [0.15, 0.2) is 54.9 Å². The number of nitrogens with one attached hydrogen (secondary N) is 1. The standard InChI is InChI=1S/C19H24N4O/c24-19(15-21-14-18-7-4-8-20-13-18)23-11-9-22(10-12-23)16-17-5-2-1-3-6-17/h1-8,13,21H,9-12,14-16H2. The van der Waals surface area contributed by atoms with Crippen LogP contribution in [0.4, 0.5) is 0 Å². The van der Waals surface area contributed by atoms with E-state index in [1.54, 1.807) is 6.20 Å². The summed E-state index contributed by atoms with van der Waals surface area (Å²) in [6.07, 6.45) is 3.57. The monoisotopic (exact) mass is 324 g/mol. The number of aromatic nitrogens is 1. The molecule has 1 aromatic carbocycles. The van der Waals surface area contributed by atoms with Gasteiger partial charge in [-0.15, -0.1) is 0 Å². The summed E-state index contributed by atoms with van der Waals surface area (Å²) in [5.74, 6) is 0.179. The van der Waals surface area contributed by atoms with E-state index in [1.807, 2.05) is 29.3 Å². The summed E-state index contributed by atoms with van der Waals surface area (Å²) >= 11 is 0. The fourth-order valence-corrected chi connectivity index (χ4v) is 2.93. The van der Waals surface area contributed by atoms with E-state index >= 15 is 0 Å². The van der Waals surface area contributed by atoms with Crippen LogP contribution in [0, 0.1) is 0 Å². The molecular formula is C19H24N4O. The number of rotatable bonds is 6. The summed E-state index contributed by atoms with van der Waals surface area (Å²) in [5, 5.41) is 3.20. The molecule has 1 aromatic heterocycles. The zero-order chi connectivity index (χ0) is 16.6. The highest BCUT2D eigenvalue weighted by Gasteiger charge is 2.20. The first-order chi connectivity index (χ1) is 11.8. The zero-order valence-electron chi connectivity index (χ0n) is 13.9. The third-order valence-corrected chi connectivity index (χ3v) is 4.30. The largest absolute Gasteiger partial charge is 0.339 e. The summed E-state index contributed by atoms with van der Waals surface area (Å²) in [7, 11) is 0. The van der Waals surface area contributed by atoms with Gasteiger partial charge in [0.25, 0.3) is 0 Å². The van der Waals surface area contributed by atoms with Gasteiger partial charge in [0.1, 0.15) is 0 Å². The fraction of sp³-hybridized carbons (Fsp3) is 0.368. The van der Waals surface area contributed by atoms with E-state index in [2.05, 4.69) is 39.5 Å². The van der Waals surface area contributed by atoms with Crippen molar-refractivity contribution in [3.05, 3.63) is 66.0 Å². The Kier molecular flexibility index (Phi) is 5.93. The Hall–Kier alpha value is -2.24. The number of hydrogen-bond acceptors (Lipinski definition) is 4. The molecule has 5 nitrogen and oxygen atoms in total. The molecular weight excluding hydrogens is 300 g/mol. The predicted molar refractivity (Wildman–Crippen MR) is 94.2 cm³/mol. The Balaban J connectivity index is 1.37. The molecule has 0 atom stereocenters. The van der Waals surface area contributed by atoms with Gasteiger partial charge in [0.05, 0.1) is 6.54 Å². The number of carbonyl (C=O) groups excluding carboxylic acids is 1. The number of benzene rings is 1. The van der Waals surface area contributed by atoms with Crippen LogP contribution in [0.3, 0.4) is 0 Å². The van der Waals surface area contributed by atoms with Crippen molar-refractivity contribution in [1.29, 1.82) is 0 Å². The van der Waals surface area contributed by atoms with Gasteiger partial charge in [-0.05, 0) is 17.2 Å². The lowest BCUT2D eigenvalue weighted by Crippen LogP contribution is -2.50. The van der Waals surface area contributed by atoms with Crippen LogP contribution in [0.25, 0.3) is 0 Å². The number of amides is 1. The highest BCUT2D eigenvalue weighted by atomic mass is 16.2. The summed E-state index contributed by atoms with van der Waals surface area (Å²) in [4.78, 5) is 20.7. The van der Waals surface area contributed by atoms with Crippen molar-refractivity contribution in [2.24, 2.45) is 0 Å². The molecule has 0 aliphatic carbocycles. The molecule has 0 unspecified atom stereocenters. The average Bonchev–Trinajstić information content (AvgIpc) is 2.64. The van der Waals surface area contributed by atoms with Gasteiger partial charge in [0.2, 0.25) is 5.91 Å². The van der Waals surface area contributed by atoms with Gasteiger partial charge < -0.3 is 10.2 Å². The highest BCUT2D eigenvalue weighted by Crippen LogP contribution is 2.08. The lowest BCUT2D eigenvalue weighted by molar-refractivity contribution is -0.132. The first-order valence-corrected chi connectivity index (χ1v) is 8.45. The van der Waals surface area contributed by atoms with Crippen LogP contribution in [-0.2, 0) is 17.9 Å². The molecule has 1 aliphatic rings. The van der Waals surface area contributed by atoms with Gasteiger partial charge in [-0.3, -0.25) is 14.7 Å². The maximum Gasteiger partial charge on any atom is 0.236 e. The second-order valence-corrected chi connectivity index (χ2v) is 6.11. The first-order valence-electron chi connectivity index (χ1n) is 8.45. The van der Waals surface area contributed by atoms with E-state index in [9.17, 15) is 4.79 Å². The lowest BCUT2D eigenvalue weighted by atomic mass is 10.2. The minimum absolute atomic E-state index is 0.179. The van der Waals surface area contributed by atoms with Crippen molar-refractivity contribution in [2.45, 2.75) is 13.1 Å². The van der Waals surface area contributed by atoms with E-state index < -0.39 is 0 Å². The van der Waals surface area contributed by atoms with Gasteiger partial charge in [-0.2, -0.15) is 0 Å². The summed E-state index contributed by atoms with van der Waals surface area (Å²) in [6.45, 7) is 5.50.